The first-order valence-corrected chi connectivity index (χ1v) is 9.17. The van der Waals surface area contributed by atoms with Crippen LogP contribution in [0.2, 0.25) is 10.0 Å². The van der Waals surface area contributed by atoms with Crippen LogP contribution in [0.4, 0.5) is 11.4 Å². The third kappa shape index (κ3) is 4.61. The lowest BCUT2D eigenvalue weighted by Crippen LogP contribution is -2.48. The van der Waals surface area contributed by atoms with Crippen LogP contribution >= 0.6 is 23.2 Å². The van der Waals surface area contributed by atoms with Crippen molar-refractivity contribution in [2.45, 2.75) is 0 Å². The minimum atomic E-state index is -0.0610. The molecule has 0 bridgehead atoms. The molecular weight excluding hydrogens is 373 g/mol. The second kappa shape index (κ2) is 8.62. The number of amides is 1. The minimum absolute atomic E-state index is 0.0610. The molecule has 1 N–H and O–H groups in total. The zero-order valence-electron chi connectivity index (χ0n) is 14.5. The van der Waals surface area contributed by atoms with Gasteiger partial charge in [0.2, 0.25) is 5.91 Å². The number of halogens is 2. The molecule has 3 rings (SSSR count). The van der Waals surface area contributed by atoms with Crippen molar-refractivity contribution in [3.63, 3.8) is 0 Å². The summed E-state index contributed by atoms with van der Waals surface area (Å²) in [6.07, 6.45) is 0. The van der Waals surface area contributed by atoms with Crippen LogP contribution in [0.25, 0.3) is 0 Å². The maximum Gasteiger partial charge on any atom is 0.238 e. The Balaban J connectivity index is 1.52. The van der Waals surface area contributed by atoms with Crippen LogP contribution < -0.4 is 15.0 Å². The zero-order chi connectivity index (χ0) is 18.5. The molecule has 2 aromatic rings. The van der Waals surface area contributed by atoms with Gasteiger partial charge in [-0.3, -0.25) is 9.69 Å². The third-order valence-electron chi connectivity index (χ3n) is 4.37. The van der Waals surface area contributed by atoms with E-state index in [2.05, 4.69) is 21.2 Å². The van der Waals surface area contributed by atoms with Crippen molar-refractivity contribution in [1.29, 1.82) is 0 Å². The van der Waals surface area contributed by atoms with Crippen molar-refractivity contribution in [2.24, 2.45) is 0 Å². The van der Waals surface area contributed by atoms with Crippen LogP contribution in [-0.2, 0) is 4.79 Å². The van der Waals surface area contributed by atoms with Crippen molar-refractivity contribution in [2.75, 3.05) is 50.1 Å². The molecule has 1 heterocycles. The van der Waals surface area contributed by atoms with Gasteiger partial charge >= 0.3 is 0 Å². The molecule has 1 fully saturated rings. The molecule has 1 aliphatic heterocycles. The highest BCUT2D eigenvalue weighted by Crippen LogP contribution is 2.28. The van der Waals surface area contributed by atoms with Crippen molar-refractivity contribution < 1.29 is 9.53 Å². The molecule has 138 valence electrons. The number of methoxy groups -OCH3 is 1. The van der Waals surface area contributed by atoms with E-state index >= 15 is 0 Å². The molecule has 0 atom stereocenters. The second-order valence-corrected chi connectivity index (χ2v) is 6.93. The quantitative estimate of drug-likeness (QED) is 0.839. The lowest BCUT2D eigenvalue weighted by Gasteiger charge is -2.36. The van der Waals surface area contributed by atoms with E-state index in [-0.39, 0.29) is 5.91 Å². The number of hydrogen-bond acceptors (Lipinski definition) is 4. The van der Waals surface area contributed by atoms with Crippen LogP contribution in [0, 0.1) is 0 Å². The average Bonchev–Trinajstić information content (AvgIpc) is 2.65. The molecule has 0 radical (unpaired) electrons. The summed E-state index contributed by atoms with van der Waals surface area (Å²) in [4.78, 5) is 16.7. The van der Waals surface area contributed by atoms with Crippen molar-refractivity contribution in [1.82, 2.24) is 4.90 Å². The van der Waals surface area contributed by atoms with Gasteiger partial charge in [0, 0.05) is 31.9 Å². The number of rotatable bonds is 5. The Bertz CT molecular complexity index is 777. The summed E-state index contributed by atoms with van der Waals surface area (Å²) in [5, 5.41) is 3.76. The van der Waals surface area contributed by atoms with Crippen LogP contribution in [-0.4, -0.2) is 50.6 Å². The standard InChI is InChI=1S/C19H21Cl2N3O2/c1-26-18-5-3-2-4-17(18)24-10-8-23(9-11-24)13-19(25)22-14-6-7-15(20)16(21)12-14/h2-7,12H,8-11,13H2,1H3,(H,22,25). The van der Waals surface area contributed by atoms with E-state index in [1.807, 2.05) is 18.2 Å². The summed E-state index contributed by atoms with van der Waals surface area (Å²) >= 11 is 11.9. The number of anilines is 2. The number of piperazine rings is 1. The third-order valence-corrected chi connectivity index (χ3v) is 5.11. The average molecular weight is 394 g/mol. The monoisotopic (exact) mass is 393 g/mol. The fraction of sp³-hybridized carbons (Fsp3) is 0.316. The largest absolute Gasteiger partial charge is 0.495 e. The van der Waals surface area contributed by atoms with Crippen LogP contribution in [0.5, 0.6) is 5.75 Å². The van der Waals surface area contributed by atoms with Crippen molar-refractivity contribution in [3.8, 4) is 5.75 Å². The topological polar surface area (TPSA) is 44.8 Å². The van der Waals surface area contributed by atoms with Crippen molar-refractivity contribution in [3.05, 3.63) is 52.5 Å². The Morgan fingerprint density at radius 3 is 2.50 bits per heavy atom. The van der Waals surface area contributed by atoms with Gasteiger partial charge in [-0.25, -0.2) is 0 Å². The van der Waals surface area contributed by atoms with Gasteiger partial charge in [0.1, 0.15) is 5.75 Å². The maximum atomic E-state index is 12.3. The maximum absolute atomic E-state index is 12.3. The van der Waals surface area contributed by atoms with Crippen LogP contribution in [0.3, 0.4) is 0 Å². The predicted molar refractivity (Wildman–Crippen MR) is 107 cm³/mol. The summed E-state index contributed by atoms with van der Waals surface area (Å²) in [6, 6.07) is 13.1. The number of benzene rings is 2. The number of carbonyl (C=O) groups excluding carboxylic acids is 1. The van der Waals surface area contributed by atoms with Crippen LogP contribution in [0.1, 0.15) is 0 Å². The molecule has 0 unspecified atom stereocenters. The molecule has 0 aromatic heterocycles. The first-order valence-electron chi connectivity index (χ1n) is 8.42. The second-order valence-electron chi connectivity index (χ2n) is 6.11. The first kappa shape index (κ1) is 18.8. The Labute approximate surface area is 163 Å². The molecule has 0 saturated carbocycles. The molecule has 7 heteroatoms. The number of carbonyl (C=O) groups is 1. The molecule has 1 aliphatic rings. The summed E-state index contributed by atoms with van der Waals surface area (Å²) in [7, 11) is 1.68. The Morgan fingerprint density at radius 1 is 1.08 bits per heavy atom. The fourth-order valence-electron chi connectivity index (χ4n) is 3.02. The molecule has 2 aromatic carbocycles. The zero-order valence-corrected chi connectivity index (χ0v) is 16.1. The van der Waals surface area contributed by atoms with Gasteiger partial charge < -0.3 is 15.0 Å². The number of nitrogens with one attached hydrogen (secondary N) is 1. The predicted octanol–water partition coefficient (Wildman–Crippen LogP) is 3.76. The van der Waals surface area contributed by atoms with Gasteiger partial charge in [-0.1, -0.05) is 35.3 Å². The van der Waals surface area contributed by atoms with Gasteiger partial charge in [-0.05, 0) is 30.3 Å². The molecular formula is C19H21Cl2N3O2. The van der Waals surface area contributed by atoms with Crippen LogP contribution in [0.15, 0.2) is 42.5 Å². The SMILES string of the molecule is COc1ccccc1N1CCN(CC(=O)Nc2ccc(Cl)c(Cl)c2)CC1. The smallest absolute Gasteiger partial charge is 0.238 e. The van der Waals surface area contributed by atoms with Gasteiger partial charge in [0.15, 0.2) is 0 Å². The number of ether oxygens (including phenoxy) is 1. The number of para-hydroxylation sites is 2. The summed E-state index contributed by atoms with van der Waals surface area (Å²) in [6.45, 7) is 3.67. The van der Waals surface area contributed by atoms with E-state index in [1.54, 1.807) is 25.3 Å². The molecule has 0 aliphatic carbocycles. The fourth-order valence-corrected chi connectivity index (χ4v) is 3.31. The Morgan fingerprint density at radius 2 is 1.81 bits per heavy atom. The van der Waals surface area contributed by atoms with E-state index in [9.17, 15) is 4.79 Å². The Kier molecular flexibility index (Phi) is 6.25. The summed E-state index contributed by atoms with van der Waals surface area (Å²) in [5.41, 5.74) is 1.74. The number of nitrogens with zero attached hydrogens (tertiary/aromatic N) is 2. The van der Waals surface area contributed by atoms with Gasteiger partial charge in [0.05, 0.1) is 29.4 Å². The van der Waals surface area contributed by atoms with E-state index in [0.29, 0.717) is 22.3 Å². The van der Waals surface area contributed by atoms with Gasteiger partial charge in [-0.15, -0.1) is 0 Å². The molecule has 5 nitrogen and oxygen atoms in total. The van der Waals surface area contributed by atoms with E-state index < -0.39 is 0 Å². The van der Waals surface area contributed by atoms with E-state index in [1.165, 1.54) is 0 Å². The molecule has 1 amide bonds. The molecule has 0 spiro atoms. The lowest BCUT2D eigenvalue weighted by atomic mass is 10.2. The van der Waals surface area contributed by atoms with Gasteiger partial charge in [-0.2, -0.15) is 0 Å². The lowest BCUT2D eigenvalue weighted by molar-refractivity contribution is -0.117. The van der Waals surface area contributed by atoms with E-state index in [4.69, 9.17) is 27.9 Å². The highest BCUT2D eigenvalue weighted by molar-refractivity contribution is 6.42. The minimum Gasteiger partial charge on any atom is -0.495 e. The van der Waals surface area contributed by atoms with E-state index in [0.717, 1.165) is 37.6 Å². The summed E-state index contributed by atoms with van der Waals surface area (Å²) < 4.78 is 5.43. The number of hydrogen-bond donors (Lipinski definition) is 1. The van der Waals surface area contributed by atoms with Crippen molar-refractivity contribution >= 4 is 40.5 Å². The normalized spacial score (nSPS) is 15.0. The molecule has 26 heavy (non-hydrogen) atoms. The summed E-state index contributed by atoms with van der Waals surface area (Å²) in [5.74, 6) is 0.812. The highest BCUT2D eigenvalue weighted by Gasteiger charge is 2.21. The molecule has 1 saturated heterocycles. The van der Waals surface area contributed by atoms with Gasteiger partial charge in [0.25, 0.3) is 0 Å². The Hall–Kier alpha value is -1.95. The highest BCUT2D eigenvalue weighted by atomic mass is 35.5. The first-order chi connectivity index (χ1) is 12.6.